The monoisotopic (exact) mass is 457 g/mol. The van der Waals surface area contributed by atoms with Crippen molar-refractivity contribution >= 4 is 21.5 Å². The molecule has 0 unspecified atom stereocenters. The minimum atomic E-state index is -4.02. The lowest BCUT2D eigenvalue weighted by Gasteiger charge is -2.19. The molecule has 0 fully saturated rings. The lowest BCUT2D eigenvalue weighted by Crippen LogP contribution is -2.29. The molecule has 0 atom stereocenters. The van der Waals surface area contributed by atoms with Gasteiger partial charge in [0.1, 0.15) is 11.5 Å². The van der Waals surface area contributed by atoms with Crippen LogP contribution in [0, 0.1) is 6.92 Å². The van der Waals surface area contributed by atoms with Gasteiger partial charge in [0, 0.05) is 5.41 Å². The number of unbranched alkanes of at least 4 members (excludes halogenated alkanes) is 2. The number of phenols is 2. The third-order valence-electron chi connectivity index (χ3n) is 5.09. The number of aryl methyl sites for hydroxylation is 2. The summed E-state index contributed by atoms with van der Waals surface area (Å²) in [6, 6.07) is 6.94. The number of hydrogen-bond donors (Lipinski definition) is 3. The first kappa shape index (κ1) is 25.2. The highest BCUT2D eigenvalue weighted by Crippen LogP contribution is 2.44. The Hall–Kier alpha value is -3.06. The van der Waals surface area contributed by atoms with Crippen molar-refractivity contribution in [1.82, 2.24) is 4.72 Å². The number of amides is 1. The van der Waals surface area contributed by atoms with Gasteiger partial charge < -0.3 is 10.2 Å². The summed E-state index contributed by atoms with van der Waals surface area (Å²) in [5, 5.41) is 22.9. The van der Waals surface area contributed by atoms with Crippen molar-refractivity contribution in [3.8, 4) is 22.6 Å². The molecular weight excluding hydrogens is 426 g/mol. The van der Waals surface area contributed by atoms with Crippen LogP contribution in [0.15, 0.2) is 42.3 Å². The van der Waals surface area contributed by atoms with E-state index in [-0.39, 0.29) is 16.9 Å². The van der Waals surface area contributed by atoms with Crippen molar-refractivity contribution in [2.45, 2.75) is 53.4 Å². The molecule has 0 aliphatic carbocycles. The molecule has 6 nitrogen and oxygen atoms in total. The summed E-state index contributed by atoms with van der Waals surface area (Å²) in [6.07, 6.45) is 4.25. The molecule has 2 aromatic carbocycles. The van der Waals surface area contributed by atoms with Crippen molar-refractivity contribution < 1.29 is 23.4 Å². The van der Waals surface area contributed by atoms with Crippen LogP contribution >= 0.6 is 0 Å². The number of allylic oxidation sites excluding steroid dienone is 2. The number of benzene rings is 2. The van der Waals surface area contributed by atoms with Gasteiger partial charge in [0.25, 0.3) is 15.9 Å². The quantitative estimate of drug-likeness (QED) is 0.436. The Morgan fingerprint density at radius 1 is 1.19 bits per heavy atom. The van der Waals surface area contributed by atoms with Crippen LogP contribution in [0.2, 0.25) is 0 Å². The van der Waals surface area contributed by atoms with Crippen LogP contribution in [0.3, 0.4) is 0 Å². The zero-order chi connectivity index (χ0) is 24.1. The zero-order valence-electron chi connectivity index (χ0n) is 19.0. The second-order valence-electron chi connectivity index (χ2n) is 7.89. The van der Waals surface area contributed by atoms with E-state index in [4.69, 9.17) is 0 Å². The van der Waals surface area contributed by atoms with Crippen LogP contribution in [-0.2, 0) is 16.4 Å². The fourth-order valence-electron chi connectivity index (χ4n) is 3.62. The van der Waals surface area contributed by atoms with Gasteiger partial charge in [0.2, 0.25) is 0 Å². The highest BCUT2D eigenvalue weighted by atomic mass is 32.2. The molecule has 7 heteroatoms. The van der Waals surface area contributed by atoms with Crippen LogP contribution in [-0.4, -0.2) is 24.5 Å². The van der Waals surface area contributed by atoms with Gasteiger partial charge in [-0.3, -0.25) is 4.79 Å². The van der Waals surface area contributed by atoms with Crippen molar-refractivity contribution in [3.05, 3.63) is 64.6 Å². The summed E-state index contributed by atoms with van der Waals surface area (Å²) in [5.41, 5.74) is 3.11. The lowest BCUT2D eigenvalue weighted by atomic mass is 9.89. The number of aromatic hydroxyl groups is 2. The third-order valence-corrected chi connectivity index (χ3v) is 6.19. The van der Waals surface area contributed by atoms with Crippen molar-refractivity contribution in [2.24, 2.45) is 0 Å². The Bertz CT molecular complexity index is 1160. The van der Waals surface area contributed by atoms with Crippen LogP contribution in [0.4, 0.5) is 0 Å². The standard InChI is InChI=1S/C25H31NO5S/c1-6-8-9-10-18-15-21(27)23(20-14-17(5)11-12-19(20)16(3)4)24(28)22(18)25(29)26-32(30,31)13-7-2/h7,11-15,27-28H,3,6,8-10H2,1-2,4-5H3,(H,26,29). The molecule has 32 heavy (non-hydrogen) atoms. The second kappa shape index (κ2) is 10.5. The Morgan fingerprint density at radius 2 is 1.88 bits per heavy atom. The van der Waals surface area contributed by atoms with Gasteiger partial charge in [-0.25, -0.2) is 13.1 Å². The van der Waals surface area contributed by atoms with E-state index in [1.807, 2.05) is 30.7 Å². The average molecular weight is 458 g/mol. The normalized spacial score (nSPS) is 11.6. The minimum Gasteiger partial charge on any atom is -0.507 e. The molecule has 0 radical (unpaired) electrons. The molecular formula is C25H31NO5S. The fraction of sp³-hybridized carbons (Fsp3) is 0.320. The topological polar surface area (TPSA) is 104 Å². The maximum atomic E-state index is 13.0. The first-order valence-electron chi connectivity index (χ1n) is 10.6. The first-order chi connectivity index (χ1) is 15.0. The number of rotatable bonds is 9. The molecule has 0 heterocycles. The smallest absolute Gasteiger partial charge is 0.269 e. The molecule has 1 amide bonds. The number of hydrogen-bond acceptors (Lipinski definition) is 5. The second-order valence-corrected chi connectivity index (χ2v) is 9.45. The first-order valence-corrected chi connectivity index (χ1v) is 12.1. The Morgan fingerprint density at radius 3 is 2.47 bits per heavy atom. The number of carbonyl (C=O) groups is 1. The number of sulfonamides is 1. The Kier molecular flexibility index (Phi) is 8.27. The van der Waals surface area contributed by atoms with E-state index in [0.29, 0.717) is 28.7 Å². The molecule has 0 aromatic heterocycles. The predicted octanol–water partition coefficient (Wildman–Crippen LogP) is 5.43. The van der Waals surface area contributed by atoms with E-state index in [2.05, 4.69) is 6.58 Å². The van der Waals surface area contributed by atoms with Crippen LogP contribution < -0.4 is 4.72 Å². The number of phenolic OH excluding ortho intramolecular Hbond substituents is 2. The molecule has 0 saturated heterocycles. The largest absolute Gasteiger partial charge is 0.507 e. The summed E-state index contributed by atoms with van der Waals surface area (Å²) >= 11 is 0. The van der Waals surface area contributed by atoms with Gasteiger partial charge in [0.05, 0.1) is 11.1 Å². The molecule has 172 valence electrons. The summed E-state index contributed by atoms with van der Waals surface area (Å²) in [4.78, 5) is 13.0. The van der Waals surface area contributed by atoms with E-state index in [1.165, 1.54) is 19.1 Å². The maximum absolute atomic E-state index is 13.0. The summed E-state index contributed by atoms with van der Waals surface area (Å²) < 4.78 is 26.3. The average Bonchev–Trinajstić information content (AvgIpc) is 2.67. The SMILES string of the molecule is C=C(C)c1ccc(C)cc1-c1c(O)cc(CCCCC)c(C(=O)NS(=O)(=O)C=CC)c1O. The van der Waals surface area contributed by atoms with Crippen molar-refractivity contribution in [1.29, 1.82) is 0 Å². The Labute approximate surface area is 190 Å². The molecule has 2 rings (SSSR count). The van der Waals surface area contributed by atoms with Gasteiger partial charge in [-0.2, -0.15) is 0 Å². The van der Waals surface area contributed by atoms with E-state index in [1.54, 1.807) is 13.0 Å². The van der Waals surface area contributed by atoms with Crippen LogP contribution in [0.25, 0.3) is 16.7 Å². The van der Waals surface area contributed by atoms with Gasteiger partial charge in [-0.15, -0.1) is 0 Å². The molecule has 3 N–H and O–H groups in total. The van der Waals surface area contributed by atoms with E-state index in [9.17, 15) is 23.4 Å². The molecule has 0 saturated carbocycles. The van der Waals surface area contributed by atoms with Crippen LogP contribution in [0.1, 0.15) is 67.1 Å². The van der Waals surface area contributed by atoms with E-state index < -0.39 is 21.7 Å². The van der Waals surface area contributed by atoms with Gasteiger partial charge in [-0.1, -0.05) is 61.8 Å². The molecule has 2 aromatic rings. The van der Waals surface area contributed by atoms with E-state index >= 15 is 0 Å². The highest BCUT2D eigenvalue weighted by molar-refractivity contribution is 7.92. The minimum absolute atomic E-state index is 0.0690. The van der Waals surface area contributed by atoms with Crippen LogP contribution in [0.5, 0.6) is 11.5 Å². The fourth-order valence-corrected chi connectivity index (χ4v) is 4.41. The summed E-state index contributed by atoms with van der Waals surface area (Å²) in [5.74, 6) is -1.59. The third kappa shape index (κ3) is 5.79. The summed E-state index contributed by atoms with van der Waals surface area (Å²) in [7, 11) is -4.02. The maximum Gasteiger partial charge on any atom is 0.269 e. The number of carbonyl (C=O) groups excluding carboxylic acids is 1. The van der Waals surface area contributed by atoms with Gasteiger partial charge >= 0.3 is 0 Å². The predicted molar refractivity (Wildman–Crippen MR) is 129 cm³/mol. The highest BCUT2D eigenvalue weighted by Gasteiger charge is 2.26. The summed E-state index contributed by atoms with van der Waals surface area (Å²) in [6.45, 7) is 11.2. The molecule has 0 aliphatic rings. The number of nitrogens with one attached hydrogen (secondary N) is 1. The van der Waals surface area contributed by atoms with Gasteiger partial charge in [0.15, 0.2) is 0 Å². The van der Waals surface area contributed by atoms with E-state index in [0.717, 1.165) is 30.2 Å². The van der Waals surface area contributed by atoms with Gasteiger partial charge in [-0.05, 0) is 56.4 Å². The molecule has 0 spiro atoms. The zero-order valence-corrected chi connectivity index (χ0v) is 19.8. The van der Waals surface area contributed by atoms with Crippen molar-refractivity contribution in [3.63, 3.8) is 0 Å². The Balaban J connectivity index is 2.77. The van der Waals surface area contributed by atoms with Crippen molar-refractivity contribution in [2.75, 3.05) is 0 Å². The molecule has 0 aliphatic heterocycles. The lowest BCUT2D eigenvalue weighted by molar-refractivity contribution is 0.0978. The molecule has 0 bridgehead atoms.